The van der Waals surface area contributed by atoms with E-state index in [-0.39, 0.29) is 29.1 Å². The first-order valence-corrected chi connectivity index (χ1v) is 14.5. The van der Waals surface area contributed by atoms with Crippen LogP contribution in [0.25, 0.3) is 10.2 Å². The summed E-state index contributed by atoms with van der Waals surface area (Å²) in [5.41, 5.74) is 7.54. The van der Waals surface area contributed by atoms with Crippen molar-refractivity contribution in [1.29, 1.82) is 0 Å². The Morgan fingerprint density at radius 2 is 1.93 bits per heavy atom. The Hall–Kier alpha value is -3.57. The lowest BCUT2D eigenvalue weighted by Crippen LogP contribution is -2.46. The SMILES string of the molecule is COc1ncc(NC(=O)C(=O)N2C[C@@H](C)CC[C@@H]2c2ccc3sc(C4CCN(C)C[C@H]4C)nc3c2)cc1C(N)=O. The molecular weight excluding hydrogens is 528 g/mol. The number of amides is 3. The highest BCUT2D eigenvalue weighted by molar-refractivity contribution is 7.18. The summed E-state index contributed by atoms with van der Waals surface area (Å²) in [6, 6.07) is 7.37. The molecule has 5 rings (SSSR count). The Balaban J connectivity index is 1.37. The van der Waals surface area contributed by atoms with Crippen LogP contribution in [0.1, 0.15) is 66.0 Å². The van der Waals surface area contributed by atoms with Gasteiger partial charge in [0, 0.05) is 19.0 Å². The lowest BCUT2D eigenvalue weighted by atomic mass is 9.87. The number of piperidine rings is 2. The number of fused-ring (bicyclic) bond motifs is 1. The highest BCUT2D eigenvalue weighted by atomic mass is 32.1. The van der Waals surface area contributed by atoms with Crippen LogP contribution in [0.2, 0.25) is 0 Å². The van der Waals surface area contributed by atoms with Crippen molar-refractivity contribution in [3.63, 3.8) is 0 Å². The van der Waals surface area contributed by atoms with Crippen molar-refractivity contribution in [3.05, 3.63) is 46.6 Å². The molecule has 3 aromatic rings. The van der Waals surface area contributed by atoms with Crippen LogP contribution >= 0.6 is 11.3 Å². The van der Waals surface area contributed by atoms with Gasteiger partial charge in [0.2, 0.25) is 5.88 Å². The topological polar surface area (TPSA) is 131 Å². The highest BCUT2D eigenvalue weighted by Crippen LogP contribution is 2.39. The van der Waals surface area contributed by atoms with E-state index in [1.807, 2.05) is 0 Å². The number of nitrogens with zero attached hydrogens (tertiary/aromatic N) is 4. The van der Waals surface area contributed by atoms with Crippen LogP contribution in [0.4, 0.5) is 5.69 Å². The van der Waals surface area contributed by atoms with Gasteiger partial charge >= 0.3 is 11.8 Å². The third kappa shape index (κ3) is 5.66. The number of carbonyl (C=O) groups excluding carboxylic acids is 3. The smallest absolute Gasteiger partial charge is 0.313 e. The molecular formula is C29H36N6O4S. The number of primary amides is 1. The van der Waals surface area contributed by atoms with E-state index in [2.05, 4.69) is 54.3 Å². The molecule has 2 fully saturated rings. The van der Waals surface area contributed by atoms with Crippen molar-refractivity contribution in [3.8, 4) is 5.88 Å². The molecule has 0 bridgehead atoms. The van der Waals surface area contributed by atoms with Crippen molar-refractivity contribution in [2.75, 3.05) is 39.1 Å². The summed E-state index contributed by atoms with van der Waals surface area (Å²) in [7, 11) is 3.54. The molecule has 212 valence electrons. The second kappa shape index (κ2) is 11.5. The molecule has 4 heterocycles. The number of pyridine rings is 1. The van der Waals surface area contributed by atoms with Crippen molar-refractivity contribution in [2.45, 2.75) is 45.1 Å². The van der Waals surface area contributed by atoms with Gasteiger partial charge in [-0.3, -0.25) is 14.4 Å². The third-order valence-electron chi connectivity index (χ3n) is 8.08. The number of hydrogen-bond donors (Lipinski definition) is 2. The monoisotopic (exact) mass is 564 g/mol. The Kier molecular flexibility index (Phi) is 8.04. The standard InChI is InChI=1S/C29H36N6O4S/c1-16-5-7-23(18-6-8-24-22(11-18)33-28(40-24)20-9-10-34(3)15-17(20)2)35(14-16)29(38)26(37)32-19-12-21(25(30)36)27(39-4)31-13-19/h6,8,11-13,16-17,20,23H,5,7,9-10,14-15H2,1-4H3,(H2,30,36)(H,32,37)/t16-,17+,20?,23+/m0/s1. The summed E-state index contributed by atoms with van der Waals surface area (Å²) in [6.45, 7) is 7.00. The average molecular weight is 565 g/mol. The summed E-state index contributed by atoms with van der Waals surface area (Å²) >= 11 is 1.76. The molecule has 1 unspecified atom stereocenters. The fourth-order valence-corrected chi connectivity index (χ4v) is 7.16. The molecule has 2 saturated heterocycles. The predicted molar refractivity (Wildman–Crippen MR) is 154 cm³/mol. The quantitative estimate of drug-likeness (QED) is 0.451. The molecule has 40 heavy (non-hydrogen) atoms. The van der Waals surface area contributed by atoms with E-state index in [0.717, 1.165) is 48.1 Å². The minimum Gasteiger partial charge on any atom is -0.480 e. The van der Waals surface area contributed by atoms with Crippen LogP contribution < -0.4 is 15.8 Å². The zero-order valence-corrected chi connectivity index (χ0v) is 24.2. The maximum absolute atomic E-state index is 13.5. The summed E-state index contributed by atoms with van der Waals surface area (Å²) in [5, 5.41) is 3.76. The lowest BCUT2D eigenvalue weighted by molar-refractivity contribution is -0.146. The van der Waals surface area contributed by atoms with Gasteiger partial charge in [-0.05, 0) is 68.5 Å². The summed E-state index contributed by atoms with van der Waals surface area (Å²) in [6.07, 6.45) is 4.14. The normalized spacial score (nSPS) is 23.6. The van der Waals surface area contributed by atoms with E-state index in [9.17, 15) is 14.4 Å². The van der Waals surface area contributed by atoms with Gasteiger partial charge in [0.05, 0.1) is 40.3 Å². The minimum absolute atomic E-state index is 0.0165. The molecule has 4 atom stereocenters. The minimum atomic E-state index is -0.797. The van der Waals surface area contributed by atoms with Crippen LogP contribution in [0.5, 0.6) is 5.88 Å². The number of thiazole rings is 1. The van der Waals surface area contributed by atoms with Gasteiger partial charge in [-0.25, -0.2) is 9.97 Å². The molecule has 3 amide bonds. The molecule has 2 aliphatic rings. The molecule has 3 N–H and O–H groups in total. The number of methoxy groups -OCH3 is 1. The fourth-order valence-electron chi connectivity index (χ4n) is 5.95. The van der Waals surface area contributed by atoms with Crippen molar-refractivity contribution in [2.24, 2.45) is 17.6 Å². The molecule has 0 saturated carbocycles. The second-order valence-electron chi connectivity index (χ2n) is 11.2. The van der Waals surface area contributed by atoms with Crippen LogP contribution in [0.15, 0.2) is 30.5 Å². The van der Waals surface area contributed by atoms with Gasteiger partial charge in [-0.1, -0.05) is 19.9 Å². The maximum Gasteiger partial charge on any atom is 0.313 e. The van der Waals surface area contributed by atoms with E-state index in [4.69, 9.17) is 15.5 Å². The highest BCUT2D eigenvalue weighted by Gasteiger charge is 2.35. The van der Waals surface area contributed by atoms with Crippen LogP contribution in [-0.4, -0.2) is 71.3 Å². The average Bonchev–Trinajstić information content (AvgIpc) is 3.35. The molecule has 10 nitrogen and oxygen atoms in total. The van der Waals surface area contributed by atoms with Crippen LogP contribution in [-0.2, 0) is 9.59 Å². The van der Waals surface area contributed by atoms with E-state index < -0.39 is 17.7 Å². The number of likely N-dealkylation sites (tertiary alicyclic amines) is 2. The van der Waals surface area contributed by atoms with E-state index >= 15 is 0 Å². The number of aromatic nitrogens is 2. The number of nitrogens with one attached hydrogen (secondary N) is 1. The number of ether oxygens (including phenoxy) is 1. The first-order chi connectivity index (χ1) is 19.1. The largest absolute Gasteiger partial charge is 0.480 e. The zero-order valence-electron chi connectivity index (χ0n) is 23.3. The Bertz CT molecular complexity index is 1440. The number of hydrogen-bond acceptors (Lipinski definition) is 8. The van der Waals surface area contributed by atoms with Gasteiger partial charge in [-0.15, -0.1) is 11.3 Å². The Morgan fingerprint density at radius 3 is 2.65 bits per heavy atom. The zero-order chi connectivity index (χ0) is 28.6. The fraction of sp³-hybridized carbons (Fsp3) is 0.483. The molecule has 0 radical (unpaired) electrons. The number of carbonyl (C=O) groups is 3. The predicted octanol–water partition coefficient (Wildman–Crippen LogP) is 3.79. The number of anilines is 1. The Morgan fingerprint density at radius 1 is 1.12 bits per heavy atom. The summed E-state index contributed by atoms with van der Waals surface area (Å²) in [4.78, 5) is 51.4. The Labute approximate surface area is 237 Å². The van der Waals surface area contributed by atoms with Gasteiger partial charge in [0.15, 0.2) is 0 Å². The molecule has 11 heteroatoms. The summed E-state index contributed by atoms with van der Waals surface area (Å²) in [5.74, 6) is -0.864. The van der Waals surface area contributed by atoms with Gasteiger partial charge in [-0.2, -0.15) is 0 Å². The van der Waals surface area contributed by atoms with Crippen LogP contribution in [0, 0.1) is 11.8 Å². The second-order valence-corrected chi connectivity index (χ2v) is 12.2. The van der Waals surface area contributed by atoms with E-state index in [1.54, 1.807) is 16.2 Å². The number of rotatable bonds is 5. The molecule has 1 aromatic carbocycles. The summed E-state index contributed by atoms with van der Waals surface area (Å²) < 4.78 is 6.19. The number of nitrogens with two attached hydrogens (primary N) is 1. The first kappa shape index (κ1) is 28.0. The molecule has 2 aromatic heterocycles. The maximum atomic E-state index is 13.5. The van der Waals surface area contributed by atoms with Crippen molar-refractivity contribution in [1.82, 2.24) is 19.8 Å². The van der Waals surface area contributed by atoms with E-state index in [1.165, 1.54) is 24.4 Å². The van der Waals surface area contributed by atoms with Gasteiger partial charge < -0.3 is 25.6 Å². The van der Waals surface area contributed by atoms with Crippen molar-refractivity contribution < 1.29 is 19.1 Å². The number of benzene rings is 1. The first-order valence-electron chi connectivity index (χ1n) is 13.7. The van der Waals surface area contributed by atoms with Gasteiger partial charge in [0.1, 0.15) is 5.56 Å². The van der Waals surface area contributed by atoms with Crippen LogP contribution in [0.3, 0.4) is 0 Å². The lowest BCUT2D eigenvalue weighted by Gasteiger charge is -2.38. The van der Waals surface area contributed by atoms with Crippen molar-refractivity contribution >= 4 is 45.0 Å². The molecule has 2 aliphatic heterocycles. The molecule has 0 aliphatic carbocycles. The van der Waals surface area contributed by atoms with E-state index in [0.29, 0.717) is 18.4 Å². The third-order valence-corrected chi connectivity index (χ3v) is 9.25. The van der Waals surface area contributed by atoms with Gasteiger partial charge in [0.25, 0.3) is 5.91 Å². The molecule has 0 spiro atoms.